The van der Waals surface area contributed by atoms with Crippen LogP contribution in [0.3, 0.4) is 0 Å². The Morgan fingerprint density at radius 2 is 1.77 bits per heavy atom. The fourth-order valence-corrected chi connectivity index (χ4v) is 7.71. The SMILES string of the molecule is C=CCN(Cc1ccccc1)C(=O)[C@@H]1[C@H]2C(=O)N(CCCO)C(C(=O)N(CC=C)C3CCCCC3)C23CC[C@H]1O3. The van der Waals surface area contributed by atoms with Gasteiger partial charge in [0.25, 0.3) is 0 Å². The Balaban J connectivity index is 1.48. The van der Waals surface area contributed by atoms with Crippen molar-refractivity contribution in [2.24, 2.45) is 11.8 Å². The lowest BCUT2D eigenvalue weighted by Gasteiger charge is -2.40. The summed E-state index contributed by atoms with van der Waals surface area (Å²) in [6.45, 7) is 9.12. The van der Waals surface area contributed by atoms with E-state index >= 15 is 0 Å². The molecule has 1 aromatic carbocycles. The number of aliphatic hydroxyl groups excluding tert-OH is 1. The van der Waals surface area contributed by atoms with Crippen LogP contribution in [0.2, 0.25) is 0 Å². The van der Waals surface area contributed by atoms with Gasteiger partial charge in [-0.1, -0.05) is 61.7 Å². The van der Waals surface area contributed by atoms with Crippen molar-refractivity contribution in [3.05, 3.63) is 61.2 Å². The van der Waals surface area contributed by atoms with Crippen molar-refractivity contribution in [2.75, 3.05) is 26.2 Å². The zero-order chi connectivity index (χ0) is 28.3. The van der Waals surface area contributed by atoms with E-state index < -0.39 is 29.6 Å². The molecule has 1 aliphatic carbocycles. The van der Waals surface area contributed by atoms with E-state index in [-0.39, 0.29) is 36.9 Å². The van der Waals surface area contributed by atoms with Gasteiger partial charge in [-0.3, -0.25) is 14.4 Å². The number of hydrogen-bond acceptors (Lipinski definition) is 5. The molecule has 4 aliphatic rings. The zero-order valence-corrected chi connectivity index (χ0v) is 23.5. The van der Waals surface area contributed by atoms with E-state index in [0.717, 1.165) is 31.2 Å². The summed E-state index contributed by atoms with van der Waals surface area (Å²) in [5, 5.41) is 9.63. The first-order valence-corrected chi connectivity index (χ1v) is 14.9. The Morgan fingerprint density at radius 1 is 1.05 bits per heavy atom. The normalized spacial score (nSPS) is 29.3. The number of likely N-dealkylation sites (tertiary alicyclic amines) is 1. The highest BCUT2D eigenvalue weighted by Gasteiger charge is 2.74. The summed E-state index contributed by atoms with van der Waals surface area (Å²) in [5.74, 6) is -1.80. The Labute approximate surface area is 237 Å². The number of carbonyl (C=O) groups excluding carboxylic acids is 3. The van der Waals surface area contributed by atoms with Gasteiger partial charge in [0.15, 0.2) is 0 Å². The summed E-state index contributed by atoms with van der Waals surface area (Å²) < 4.78 is 6.65. The minimum atomic E-state index is -1.03. The lowest BCUT2D eigenvalue weighted by atomic mass is 9.70. The smallest absolute Gasteiger partial charge is 0.248 e. The summed E-state index contributed by atoms with van der Waals surface area (Å²) in [4.78, 5) is 48.1. The van der Waals surface area contributed by atoms with Crippen molar-refractivity contribution < 1.29 is 24.2 Å². The number of hydrogen-bond donors (Lipinski definition) is 1. The number of nitrogens with zero attached hydrogens (tertiary/aromatic N) is 3. The predicted octanol–water partition coefficient (Wildman–Crippen LogP) is 3.31. The molecule has 2 unspecified atom stereocenters. The lowest BCUT2D eigenvalue weighted by Crippen LogP contribution is -2.58. The molecule has 4 fully saturated rings. The van der Waals surface area contributed by atoms with E-state index in [2.05, 4.69) is 13.2 Å². The van der Waals surface area contributed by atoms with Crippen LogP contribution in [0, 0.1) is 11.8 Å². The molecule has 5 rings (SSSR count). The van der Waals surface area contributed by atoms with Crippen molar-refractivity contribution in [3.63, 3.8) is 0 Å². The summed E-state index contributed by atoms with van der Waals surface area (Å²) in [7, 11) is 0. The van der Waals surface area contributed by atoms with Crippen LogP contribution < -0.4 is 0 Å². The summed E-state index contributed by atoms with van der Waals surface area (Å²) in [5.41, 5.74) is -0.0330. The third kappa shape index (κ3) is 5.00. The standard InChI is InChI=1S/C32H43N3O5/c1-3-18-33(22-23-12-7-5-8-13-23)29(37)26-25-16-17-32(40-25)27(26)30(38)35(20-11-21-36)28(32)31(39)34(19-4-2)24-14-9-6-10-15-24/h3-5,7-8,12-13,24-28,36H,1-2,6,9-11,14-22H2/t25-,26+,27+,28?,32?/m1/s1. The van der Waals surface area contributed by atoms with Crippen LogP contribution in [-0.2, 0) is 25.7 Å². The Hall–Kier alpha value is -2.97. The Bertz CT molecular complexity index is 1100. The van der Waals surface area contributed by atoms with Crippen LogP contribution >= 0.6 is 0 Å². The quantitative estimate of drug-likeness (QED) is 0.404. The maximum Gasteiger partial charge on any atom is 0.248 e. The Kier molecular flexibility index (Phi) is 8.76. The first-order valence-electron chi connectivity index (χ1n) is 14.9. The average Bonchev–Trinajstić information content (AvgIpc) is 3.62. The topological polar surface area (TPSA) is 90.4 Å². The van der Waals surface area contributed by atoms with Gasteiger partial charge in [0.1, 0.15) is 11.6 Å². The fourth-order valence-electron chi connectivity index (χ4n) is 7.71. The number of carbonyl (C=O) groups is 3. The number of benzene rings is 1. The van der Waals surface area contributed by atoms with E-state index in [1.807, 2.05) is 35.2 Å². The van der Waals surface area contributed by atoms with Crippen LogP contribution in [0.25, 0.3) is 0 Å². The summed E-state index contributed by atoms with van der Waals surface area (Å²) in [6.07, 6.45) is 9.82. The zero-order valence-electron chi connectivity index (χ0n) is 23.5. The second-order valence-electron chi connectivity index (χ2n) is 11.7. The number of fused-ring (bicyclic) bond motifs is 1. The fraction of sp³-hybridized carbons (Fsp3) is 0.594. The van der Waals surface area contributed by atoms with Crippen molar-refractivity contribution >= 4 is 17.7 Å². The highest BCUT2D eigenvalue weighted by Crippen LogP contribution is 2.59. The second kappa shape index (κ2) is 12.3. The molecule has 3 aliphatic heterocycles. The van der Waals surface area contributed by atoms with Gasteiger partial charge < -0.3 is 24.5 Å². The summed E-state index contributed by atoms with van der Waals surface area (Å²) >= 11 is 0. The molecule has 1 spiro atoms. The van der Waals surface area contributed by atoms with Gasteiger partial charge in [-0.25, -0.2) is 0 Å². The molecular weight excluding hydrogens is 506 g/mol. The first-order chi connectivity index (χ1) is 19.5. The molecule has 1 N–H and O–H groups in total. The van der Waals surface area contributed by atoms with Gasteiger partial charge in [0.05, 0.1) is 17.9 Å². The molecule has 0 aromatic heterocycles. The third-order valence-electron chi connectivity index (χ3n) is 9.38. The molecule has 5 atom stereocenters. The molecule has 3 saturated heterocycles. The number of rotatable bonds is 12. The third-order valence-corrected chi connectivity index (χ3v) is 9.38. The molecule has 8 nitrogen and oxygen atoms in total. The average molecular weight is 550 g/mol. The van der Waals surface area contributed by atoms with Gasteiger partial charge in [-0.15, -0.1) is 13.2 Å². The molecule has 2 bridgehead atoms. The molecule has 3 amide bonds. The van der Waals surface area contributed by atoms with E-state index in [1.54, 1.807) is 22.0 Å². The highest BCUT2D eigenvalue weighted by atomic mass is 16.5. The van der Waals surface area contributed by atoms with E-state index in [0.29, 0.717) is 38.9 Å². The number of aliphatic hydroxyl groups is 1. The van der Waals surface area contributed by atoms with Gasteiger partial charge in [-0.2, -0.15) is 0 Å². The second-order valence-corrected chi connectivity index (χ2v) is 11.7. The molecule has 3 heterocycles. The lowest BCUT2D eigenvalue weighted by molar-refractivity contribution is -0.150. The molecule has 216 valence electrons. The monoisotopic (exact) mass is 549 g/mol. The minimum absolute atomic E-state index is 0.0859. The van der Waals surface area contributed by atoms with E-state index in [9.17, 15) is 19.5 Å². The van der Waals surface area contributed by atoms with Crippen LogP contribution in [0.15, 0.2) is 55.6 Å². The molecule has 40 heavy (non-hydrogen) atoms. The molecule has 1 aromatic rings. The number of amides is 3. The predicted molar refractivity (Wildman–Crippen MR) is 152 cm³/mol. The van der Waals surface area contributed by atoms with Gasteiger partial charge in [0, 0.05) is 38.8 Å². The van der Waals surface area contributed by atoms with E-state index in [4.69, 9.17) is 4.74 Å². The van der Waals surface area contributed by atoms with Crippen LogP contribution in [-0.4, -0.2) is 87.6 Å². The highest BCUT2D eigenvalue weighted by molar-refractivity contribution is 5.99. The molecule has 0 radical (unpaired) electrons. The van der Waals surface area contributed by atoms with Crippen molar-refractivity contribution in [1.29, 1.82) is 0 Å². The molecule has 1 saturated carbocycles. The first kappa shape index (κ1) is 28.6. The van der Waals surface area contributed by atoms with Gasteiger partial charge in [0.2, 0.25) is 17.7 Å². The van der Waals surface area contributed by atoms with E-state index in [1.165, 1.54) is 6.42 Å². The molecular formula is C32H43N3O5. The van der Waals surface area contributed by atoms with Gasteiger partial charge in [-0.05, 0) is 37.7 Å². The van der Waals surface area contributed by atoms with Gasteiger partial charge >= 0.3 is 0 Å². The van der Waals surface area contributed by atoms with Crippen molar-refractivity contribution in [1.82, 2.24) is 14.7 Å². The summed E-state index contributed by atoms with van der Waals surface area (Å²) in [6, 6.07) is 9.09. The maximum atomic E-state index is 14.5. The van der Waals surface area contributed by atoms with Crippen molar-refractivity contribution in [3.8, 4) is 0 Å². The minimum Gasteiger partial charge on any atom is -0.396 e. The number of ether oxygens (including phenoxy) is 1. The van der Waals surface area contributed by atoms with Crippen LogP contribution in [0.1, 0.15) is 56.9 Å². The largest absolute Gasteiger partial charge is 0.396 e. The molecule has 8 heteroatoms. The van der Waals surface area contributed by atoms with Crippen LogP contribution in [0.5, 0.6) is 0 Å². The Morgan fingerprint density at radius 3 is 2.45 bits per heavy atom. The van der Waals surface area contributed by atoms with Crippen molar-refractivity contribution in [2.45, 2.75) is 81.7 Å². The van der Waals surface area contributed by atoms with Crippen LogP contribution in [0.4, 0.5) is 0 Å². The maximum absolute atomic E-state index is 14.5.